The fourth-order valence-electron chi connectivity index (χ4n) is 3.76. The Morgan fingerprint density at radius 1 is 1.33 bits per heavy atom. The van der Waals surface area contributed by atoms with Crippen molar-refractivity contribution in [3.05, 3.63) is 0 Å². The fourth-order valence-corrected chi connectivity index (χ4v) is 5.07. The summed E-state index contributed by atoms with van der Waals surface area (Å²) in [4.78, 5) is 2.26. The normalized spacial score (nSPS) is 33.4. The largest absolute Gasteiger partial charge is 0.302 e. The Morgan fingerprint density at radius 3 is 2.86 bits per heavy atom. The molecule has 1 aliphatic carbocycles. The molecule has 1 saturated heterocycles. The second-order valence-corrected chi connectivity index (χ2v) is 8.64. The topological polar surface area (TPSA) is 73.2 Å². The van der Waals surface area contributed by atoms with Crippen molar-refractivity contribution in [2.75, 3.05) is 37.7 Å². The van der Waals surface area contributed by atoms with E-state index in [1.807, 2.05) is 6.92 Å². The average molecular weight is 313 g/mol. The summed E-state index contributed by atoms with van der Waals surface area (Å²) in [6.07, 6.45) is 4.88. The first-order valence-electron chi connectivity index (χ1n) is 8.10. The number of nitriles is 1. The Hall–Kier alpha value is -0.640. The molecular formula is C15H27N3O2S. The van der Waals surface area contributed by atoms with Gasteiger partial charge in [0, 0.05) is 6.54 Å². The maximum atomic E-state index is 11.6. The summed E-state index contributed by atoms with van der Waals surface area (Å²) in [6, 6.07) is 2.52. The van der Waals surface area contributed by atoms with Gasteiger partial charge in [-0.05, 0) is 51.2 Å². The van der Waals surface area contributed by atoms with Crippen LogP contribution in [0.3, 0.4) is 0 Å². The third-order valence-electron chi connectivity index (χ3n) is 4.95. The summed E-state index contributed by atoms with van der Waals surface area (Å²) >= 11 is 0. The quantitative estimate of drug-likeness (QED) is 0.825. The van der Waals surface area contributed by atoms with Gasteiger partial charge in [0.1, 0.15) is 5.54 Å². The van der Waals surface area contributed by atoms with E-state index in [-0.39, 0.29) is 11.3 Å². The standard InChI is InChI=1S/C15H27N3O2S/c1-2-17-15(13-16)7-3-5-14(15)6-9-18-8-4-11-21(19,20)12-10-18/h14,17H,2-12H2,1H3. The number of nitrogens with zero attached hydrogens (tertiary/aromatic N) is 2. The van der Waals surface area contributed by atoms with Gasteiger partial charge >= 0.3 is 0 Å². The minimum absolute atomic E-state index is 0.286. The Kier molecular flexibility index (Phi) is 5.64. The van der Waals surface area contributed by atoms with E-state index in [2.05, 4.69) is 16.3 Å². The first kappa shape index (κ1) is 16.7. The molecule has 1 aliphatic heterocycles. The van der Waals surface area contributed by atoms with Crippen molar-refractivity contribution in [1.29, 1.82) is 5.26 Å². The Balaban J connectivity index is 1.89. The fraction of sp³-hybridized carbons (Fsp3) is 0.933. The summed E-state index contributed by atoms with van der Waals surface area (Å²) in [5, 5.41) is 13.0. The van der Waals surface area contributed by atoms with Gasteiger partial charge in [0.05, 0.1) is 17.6 Å². The van der Waals surface area contributed by atoms with Gasteiger partial charge in [-0.2, -0.15) is 5.26 Å². The third kappa shape index (κ3) is 4.18. The molecule has 5 nitrogen and oxygen atoms in total. The van der Waals surface area contributed by atoms with E-state index in [1.165, 1.54) is 0 Å². The van der Waals surface area contributed by atoms with Crippen LogP contribution in [0.2, 0.25) is 0 Å². The van der Waals surface area contributed by atoms with Crippen LogP contribution in [0.25, 0.3) is 0 Å². The second-order valence-electron chi connectivity index (χ2n) is 6.34. The highest BCUT2D eigenvalue weighted by Gasteiger charge is 2.42. The highest BCUT2D eigenvalue weighted by molar-refractivity contribution is 7.91. The summed E-state index contributed by atoms with van der Waals surface area (Å²) in [6.45, 7) is 5.30. The van der Waals surface area contributed by atoms with Crippen molar-refractivity contribution in [3.63, 3.8) is 0 Å². The maximum absolute atomic E-state index is 11.6. The van der Waals surface area contributed by atoms with Gasteiger partial charge in [-0.3, -0.25) is 5.32 Å². The molecule has 2 aliphatic rings. The number of hydrogen-bond donors (Lipinski definition) is 1. The van der Waals surface area contributed by atoms with Gasteiger partial charge in [-0.1, -0.05) is 13.3 Å². The number of nitrogens with one attached hydrogen (secondary N) is 1. The van der Waals surface area contributed by atoms with Gasteiger partial charge in [0.2, 0.25) is 0 Å². The van der Waals surface area contributed by atoms with E-state index in [0.29, 0.717) is 18.2 Å². The molecule has 0 radical (unpaired) electrons. The number of hydrogen-bond acceptors (Lipinski definition) is 5. The van der Waals surface area contributed by atoms with Crippen LogP contribution in [0.4, 0.5) is 0 Å². The van der Waals surface area contributed by atoms with Crippen molar-refractivity contribution in [2.45, 2.75) is 44.6 Å². The Labute approximate surface area is 128 Å². The molecule has 0 aromatic rings. The van der Waals surface area contributed by atoms with Crippen LogP contribution in [0, 0.1) is 17.2 Å². The van der Waals surface area contributed by atoms with Crippen LogP contribution in [-0.2, 0) is 9.84 Å². The molecule has 2 fully saturated rings. The average Bonchev–Trinajstić information content (AvgIpc) is 2.76. The lowest BCUT2D eigenvalue weighted by molar-refractivity contribution is 0.234. The minimum atomic E-state index is -2.83. The molecule has 2 unspecified atom stereocenters. The zero-order valence-corrected chi connectivity index (χ0v) is 13.8. The van der Waals surface area contributed by atoms with Gasteiger partial charge in [-0.25, -0.2) is 8.42 Å². The monoisotopic (exact) mass is 313 g/mol. The summed E-state index contributed by atoms with van der Waals surface area (Å²) in [7, 11) is -2.83. The van der Waals surface area contributed by atoms with E-state index in [1.54, 1.807) is 0 Å². The van der Waals surface area contributed by atoms with Crippen LogP contribution in [0.15, 0.2) is 0 Å². The van der Waals surface area contributed by atoms with Crippen molar-refractivity contribution in [3.8, 4) is 6.07 Å². The first-order chi connectivity index (χ1) is 10.0. The van der Waals surface area contributed by atoms with Crippen LogP contribution in [0.1, 0.15) is 39.0 Å². The van der Waals surface area contributed by atoms with Gasteiger partial charge < -0.3 is 4.90 Å². The summed E-state index contributed by atoms with van der Waals surface area (Å²) < 4.78 is 23.3. The third-order valence-corrected chi connectivity index (χ3v) is 6.67. The molecule has 0 bridgehead atoms. The highest BCUT2D eigenvalue weighted by Crippen LogP contribution is 2.37. The van der Waals surface area contributed by atoms with Crippen molar-refractivity contribution in [1.82, 2.24) is 10.2 Å². The van der Waals surface area contributed by atoms with Crippen molar-refractivity contribution in [2.24, 2.45) is 5.92 Å². The molecule has 0 spiro atoms. The van der Waals surface area contributed by atoms with E-state index in [9.17, 15) is 13.7 Å². The molecule has 1 heterocycles. The van der Waals surface area contributed by atoms with Crippen LogP contribution >= 0.6 is 0 Å². The van der Waals surface area contributed by atoms with E-state index in [0.717, 1.165) is 51.7 Å². The van der Waals surface area contributed by atoms with E-state index >= 15 is 0 Å². The molecule has 1 N–H and O–H groups in total. The van der Waals surface area contributed by atoms with E-state index < -0.39 is 9.84 Å². The van der Waals surface area contributed by atoms with Crippen LogP contribution in [0.5, 0.6) is 0 Å². The predicted octanol–water partition coefficient (Wildman–Crippen LogP) is 1.17. The van der Waals surface area contributed by atoms with E-state index in [4.69, 9.17) is 0 Å². The summed E-state index contributed by atoms with van der Waals surface area (Å²) in [5.74, 6) is 1.00. The number of sulfone groups is 1. The molecule has 6 heteroatoms. The number of rotatable bonds is 5. The molecular weight excluding hydrogens is 286 g/mol. The molecule has 21 heavy (non-hydrogen) atoms. The second kappa shape index (κ2) is 7.08. The maximum Gasteiger partial charge on any atom is 0.151 e. The van der Waals surface area contributed by atoms with Crippen LogP contribution in [-0.4, -0.2) is 56.5 Å². The lowest BCUT2D eigenvalue weighted by Crippen LogP contribution is -2.47. The smallest absolute Gasteiger partial charge is 0.151 e. The zero-order valence-electron chi connectivity index (χ0n) is 13.0. The van der Waals surface area contributed by atoms with Crippen molar-refractivity contribution >= 4 is 9.84 Å². The van der Waals surface area contributed by atoms with Gasteiger partial charge in [-0.15, -0.1) is 0 Å². The van der Waals surface area contributed by atoms with Crippen LogP contribution < -0.4 is 5.32 Å². The molecule has 0 amide bonds. The Bertz CT molecular complexity index is 486. The molecule has 2 atom stereocenters. The van der Waals surface area contributed by atoms with Gasteiger partial charge in [0.15, 0.2) is 9.84 Å². The van der Waals surface area contributed by atoms with Gasteiger partial charge in [0.25, 0.3) is 0 Å². The predicted molar refractivity (Wildman–Crippen MR) is 83.7 cm³/mol. The molecule has 0 aromatic carbocycles. The molecule has 2 rings (SSSR count). The SMILES string of the molecule is CCNC1(C#N)CCCC1CCN1CCCS(=O)(=O)CC1. The lowest BCUT2D eigenvalue weighted by atomic mass is 9.85. The highest BCUT2D eigenvalue weighted by atomic mass is 32.2. The zero-order chi connectivity index (χ0) is 15.3. The minimum Gasteiger partial charge on any atom is -0.302 e. The lowest BCUT2D eigenvalue weighted by Gasteiger charge is -2.31. The van der Waals surface area contributed by atoms with Crippen molar-refractivity contribution < 1.29 is 8.42 Å². The first-order valence-corrected chi connectivity index (χ1v) is 9.92. The molecule has 120 valence electrons. The molecule has 1 saturated carbocycles. The Morgan fingerprint density at radius 2 is 2.14 bits per heavy atom. The molecule has 0 aromatic heterocycles. The summed E-state index contributed by atoms with van der Waals surface area (Å²) in [5.41, 5.74) is -0.354.